The first-order valence-corrected chi connectivity index (χ1v) is 5.45. The summed E-state index contributed by atoms with van der Waals surface area (Å²) >= 11 is 3.30. The fourth-order valence-electron chi connectivity index (χ4n) is 1.43. The fraction of sp³-hybridized carbons (Fsp3) is 0.0909. The average molecular weight is 280 g/mol. The summed E-state index contributed by atoms with van der Waals surface area (Å²) in [6.45, 7) is 0. The Morgan fingerprint density at radius 2 is 2.25 bits per heavy atom. The lowest BCUT2D eigenvalue weighted by Crippen LogP contribution is -2.04. The Morgan fingerprint density at radius 1 is 1.50 bits per heavy atom. The molecule has 1 heterocycles. The lowest BCUT2D eigenvalue weighted by atomic mass is 10.0. The molecule has 0 spiro atoms. The van der Waals surface area contributed by atoms with E-state index in [4.69, 9.17) is 5.73 Å². The van der Waals surface area contributed by atoms with Crippen LogP contribution in [0, 0.1) is 0 Å². The zero-order valence-corrected chi connectivity index (χ0v) is 10.2. The Hall–Kier alpha value is -1.62. The first-order valence-electron chi connectivity index (χ1n) is 4.66. The van der Waals surface area contributed by atoms with Crippen LogP contribution < -0.4 is 5.73 Å². The highest BCUT2D eigenvalue weighted by Crippen LogP contribution is 2.21. The Kier molecular flexibility index (Phi) is 2.78. The molecule has 5 heteroatoms. The topological polar surface area (TPSA) is 60.9 Å². The van der Waals surface area contributed by atoms with Gasteiger partial charge in [0.1, 0.15) is 0 Å². The van der Waals surface area contributed by atoms with E-state index in [1.54, 1.807) is 36.1 Å². The largest absolute Gasteiger partial charge is 0.398 e. The molecule has 82 valence electrons. The molecule has 0 aliphatic heterocycles. The Morgan fingerprint density at radius 3 is 2.81 bits per heavy atom. The van der Waals surface area contributed by atoms with Gasteiger partial charge in [0.25, 0.3) is 0 Å². The molecule has 16 heavy (non-hydrogen) atoms. The number of benzene rings is 1. The third kappa shape index (κ3) is 1.99. The predicted octanol–water partition coefficient (Wildman–Crippen LogP) is 2.00. The molecule has 2 N–H and O–H groups in total. The summed E-state index contributed by atoms with van der Waals surface area (Å²) in [6, 6.07) is 5.21. The number of aromatic nitrogens is 2. The number of carbonyl (C=O) groups excluding carboxylic acids is 1. The monoisotopic (exact) mass is 279 g/mol. The van der Waals surface area contributed by atoms with Gasteiger partial charge in [-0.15, -0.1) is 0 Å². The van der Waals surface area contributed by atoms with Crippen molar-refractivity contribution in [1.82, 2.24) is 9.78 Å². The highest BCUT2D eigenvalue weighted by molar-refractivity contribution is 9.10. The Labute approximate surface area is 101 Å². The third-order valence-corrected chi connectivity index (χ3v) is 2.72. The second-order valence-corrected chi connectivity index (χ2v) is 4.38. The molecule has 0 fully saturated rings. The summed E-state index contributed by atoms with van der Waals surface area (Å²) < 4.78 is 2.44. The second-order valence-electron chi connectivity index (χ2n) is 3.46. The number of rotatable bonds is 2. The summed E-state index contributed by atoms with van der Waals surface area (Å²) in [5.74, 6) is -0.113. The molecule has 2 rings (SSSR count). The molecule has 0 saturated carbocycles. The minimum atomic E-state index is -0.113. The summed E-state index contributed by atoms with van der Waals surface area (Å²) in [6.07, 6.45) is 3.20. The maximum Gasteiger partial charge on any atom is 0.198 e. The molecule has 0 saturated heterocycles. The number of anilines is 1. The van der Waals surface area contributed by atoms with Crippen LogP contribution in [0.3, 0.4) is 0 Å². The normalized spacial score (nSPS) is 10.4. The Balaban J connectivity index is 2.41. The number of nitrogens with zero attached hydrogens (tertiary/aromatic N) is 2. The minimum Gasteiger partial charge on any atom is -0.398 e. The van der Waals surface area contributed by atoms with Crippen LogP contribution in [-0.2, 0) is 7.05 Å². The van der Waals surface area contributed by atoms with Crippen molar-refractivity contribution in [3.05, 3.63) is 46.2 Å². The predicted molar refractivity (Wildman–Crippen MR) is 65.2 cm³/mol. The second kappa shape index (κ2) is 4.09. The number of nitrogen functional groups attached to an aromatic ring is 1. The summed E-state index contributed by atoms with van der Waals surface area (Å²) in [7, 11) is 1.77. The highest BCUT2D eigenvalue weighted by atomic mass is 79.9. The van der Waals surface area contributed by atoms with Crippen LogP contribution in [0.4, 0.5) is 5.69 Å². The molecule has 0 aliphatic carbocycles. The van der Waals surface area contributed by atoms with Crippen molar-refractivity contribution < 1.29 is 4.79 Å². The molecule has 0 unspecified atom stereocenters. The smallest absolute Gasteiger partial charge is 0.198 e. The van der Waals surface area contributed by atoms with Crippen molar-refractivity contribution >= 4 is 27.4 Å². The van der Waals surface area contributed by atoms with Crippen LogP contribution in [0.5, 0.6) is 0 Å². The summed E-state index contributed by atoms with van der Waals surface area (Å²) in [5.41, 5.74) is 7.28. The standard InChI is InChI=1S/C11H10BrN3O/c1-15-6-7(5-14-15)11(16)9-3-2-8(12)4-10(9)13/h2-6H,13H2,1H3. The molecule has 0 atom stereocenters. The summed E-state index contributed by atoms with van der Waals surface area (Å²) in [4.78, 5) is 12.0. The quantitative estimate of drug-likeness (QED) is 0.676. The lowest BCUT2D eigenvalue weighted by Gasteiger charge is -2.03. The van der Waals surface area contributed by atoms with Gasteiger partial charge in [0.2, 0.25) is 0 Å². The number of nitrogens with two attached hydrogens (primary N) is 1. The average Bonchev–Trinajstić information content (AvgIpc) is 2.64. The Bertz CT molecular complexity index is 548. The third-order valence-electron chi connectivity index (χ3n) is 2.23. The first kappa shape index (κ1) is 10.9. The molecule has 0 aliphatic rings. The van der Waals surface area contributed by atoms with Gasteiger partial charge >= 0.3 is 0 Å². The molecule has 2 aromatic rings. The van der Waals surface area contributed by atoms with Crippen LogP contribution in [0.15, 0.2) is 35.1 Å². The maximum atomic E-state index is 12.0. The van der Waals surface area contributed by atoms with Crippen molar-refractivity contribution in [1.29, 1.82) is 0 Å². The fourth-order valence-corrected chi connectivity index (χ4v) is 1.81. The zero-order chi connectivity index (χ0) is 11.7. The van der Waals surface area contributed by atoms with Gasteiger partial charge in [-0.3, -0.25) is 9.48 Å². The van der Waals surface area contributed by atoms with Gasteiger partial charge in [-0.05, 0) is 18.2 Å². The SMILES string of the molecule is Cn1cc(C(=O)c2ccc(Br)cc2N)cn1. The van der Waals surface area contributed by atoms with Crippen molar-refractivity contribution in [2.45, 2.75) is 0 Å². The molecule has 1 aromatic carbocycles. The first-order chi connectivity index (χ1) is 7.58. The number of halogens is 1. The zero-order valence-electron chi connectivity index (χ0n) is 8.64. The van der Waals surface area contributed by atoms with Gasteiger partial charge in [0.05, 0.1) is 11.8 Å². The summed E-state index contributed by atoms with van der Waals surface area (Å²) in [5, 5.41) is 3.96. The van der Waals surface area contributed by atoms with E-state index in [2.05, 4.69) is 21.0 Å². The number of ketones is 1. The molecular weight excluding hydrogens is 270 g/mol. The molecule has 1 aromatic heterocycles. The van der Waals surface area contributed by atoms with Crippen molar-refractivity contribution in [3.63, 3.8) is 0 Å². The highest BCUT2D eigenvalue weighted by Gasteiger charge is 2.13. The number of carbonyl (C=O) groups is 1. The van der Waals surface area contributed by atoms with E-state index in [9.17, 15) is 4.79 Å². The maximum absolute atomic E-state index is 12.0. The number of aryl methyl sites for hydroxylation is 1. The van der Waals surface area contributed by atoms with E-state index in [-0.39, 0.29) is 5.78 Å². The molecule has 4 nitrogen and oxygen atoms in total. The van der Waals surface area contributed by atoms with Crippen LogP contribution >= 0.6 is 15.9 Å². The number of hydrogen-bond donors (Lipinski definition) is 1. The van der Waals surface area contributed by atoms with Gasteiger partial charge in [-0.25, -0.2) is 0 Å². The van der Waals surface area contributed by atoms with Gasteiger partial charge in [-0.2, -0.15) is 5.10 Å². The van der Waals surface area contributed by atoms with E-state index < -0.39 is 0 Å². The van der Waals surface area contributed by atoms with Gasteiger partial charge in [0.15, 0.2) is 5.78 Å². The van der Waals surface area contributed by atoms with Crippen molar-refractivity contribution in [2.75, 3.05) is 5.73 Å². The van der Waals surface area contributed by atoms with E-state index in [1.807, 2.05) is 0 Å². The lowest BCUT2D eigenvalue weighted by molar-refractivity contribution is 0.103. The van der Waals surface area contributed by atoms with Gasteiger partial charge in [-0.1, -0.05) is 15.9 Å². The van der Waals surface area contributed by atoms with Crippen molar-refractivity contribution in [3.8, 4) is 0 Å². The minimum absolute atomic E-state index is 0.113. The van der Waals surface area contributed by atoms with Crippen LogP contribution in [0.2, 0.25) is 0 Å². The van der Waals surface area contributed by atoms with Crippen molar-refractivity contribution in [2.24, 2.45) is 7.05 Å². The van der Waals surface area contributed by atoms with Crippen LogP contribution in [-0.4, -0.2) is 15.6 Å². The molecule has 0 bridgehead atoms. The molecule has 0 amide bonds. The van der Waals surface area contributed by atoms with E-state index >= 15 is 0 Å². The van der Waals surface area contributed by atoms with Gasteiger partial charge in [0, 0.05) is 29.0 Å². The van der Waals surface area contributed by atoms with E-state index in [0.717, 1.165) is 4.47 Å². The number of hydrogen-bond acceptors (Lipinski definition) is 3. The van der Waals surface area contributed by atoms with Gasteiger partial charge < -0.3 is 5.73 Å². The van der Waals surface area contributed by atoms with E-state index in [0.29, 0.717) is 16.8 Å². The van der Waals surface area contributed by atoms with Crippen LogP contribution in [0.1, 0.15) is 15.9 Å². The van der Waals surface area contributed by atoms with E-state index in [1.165, 1.54) is 6.20 Å². The molecular formula is C11H10BrN3O. The van der Waals surface area contributed by atoms with Crippen LogP contribution in [0.25, 0.3) is 0 Å². The molecule has 0 radical (unpaired) electrons.